The second kappa shape index (κ2) is 11.3. The summed E-state index contributed by atoms with van der Waals surface area (Å²) >= 11 is 0. The van der Waals surface area contributed by atoms with Crippen LogP contribution in [0.3, 0.4) is 0 Å². The zero-order chi connectivity index (χ0) is 37.2. The van der Waals surface area contributed by atoms with Gasteiger partial charge in [-0.05, 0) is 108 Å². The third-order valence-corrected chi connectivity index (χ3v) is 12.8. The lowest BCUT2D eigenvalue weighted by Gasteiger charge is -2.46. The van der Waals surface area contributed by atoms with Crippen LogP contribution in [0.5, 0.6) is 0 Å². The number of anilines is 3. The van der Waals surface area contributed by atoms with E-state index in [1.165, 1.54) is 76.8 Å². The van der Waals surface area contributed by atoms with E-state index in [-0.39, 0.29) is 0 Å². The highest BCUT2D eigenvalue weighted by molar-refractivity contribution is 6.15. The van der Waals surface area contributed by atoms with Gasteiger partial charge in [0.1, 0.15) is 11.2 Å². The average Bonchev–Trinajstić information content (AvgIpc) is 3.65. The van der Waals surface area contributed by atoms with Crippen LogP contribution in [0.1, 0.15) is 22.3 Å². The molecule has 1 atom stereocenters. The van der Waals surface area contributed by atoms with Gasteiger partial charge in [0.2, 0.25) is 0 Å². The third-order valence-electron chi connectivity index (χ3n) is 12.8. The molecule has 0 amide bonds. The van der Waals surface area contributed by atoms with Crippen LogP contribution < -0.4 is 4.90 Å². The second-order valence-corrected chi connectivity index (χ2v) is 15.6. The predicted octanol–water partition coefficient (Wildman–Crippen LogP) is 14.9. The number of para-hydroxylation sites is 1. The van der Waals surface area contributed by atoms with Crippen LogP contribution in [-0.4, -0.2) is 0 Å². The highest BCUT2D eigenvalue weighted by Gasteiger charge is 2.48. The first kappa shape index (κ1) is 30.9. The summed E-state index contributed by atoms with van der Waals surface area (Å²) in [6.45, 7) is 0. The van der Waals surface area contributed by atoms with E-state index in [0.29, 0.717) is 0 Å². The number of nitrogens with zero attached hydrogens (tertiary/aromatic N) is 1. The molecule has 2 aliphatic carbocycles. The van der Waals surface area contributed by atoms with E-state index < -0.39 is 5.41 Å². The van der Waals surface area contributed by atoms with Gasteiger partial charge in [0.05, 0.1) is 11.1 Å². The molecule has 2 nitrogen and oxygen atoms in total. The normalized spacial score (nSPS) is 15.1. The zero-order valence-corrected chi connectivity index (χ0v) is 30.9. The van der Waals surface area contributed by atoms with Gasteiger partial charge in [0, 0.05) is 33.6 Å². The van der Waals surface area contributed by atoms with E-state index in [0.717, 1.165) is 39.0 Å². The van der Waals surface area contributed by atoms with Crippen LogP contribution >= 0.6 is 0 Å². The first-order valence-electron chi connectivity index (χ1n) is 19.8. The predicted molar refractivity (Wildman–Crippen MR) is 237 cm³/mol. The number of rotatable bonds is 3. The van der Waals surface area contributed by atoms with Gasteiger partial charge < -0.3 is 9.32 Å². The molecule has 1 heterocycles. The number of furan rings is 1. The number of hydrogen-bond donors (Lipinski definition) is 0. The lowest BCUT2D eigenvalue weighted by atomic mass is 9.55. The highest BCUT2D eigenvalue weighted by Crippen LogP contribution is 2.61. The van der Waals surface area contributed by atoms with Gasteiger partial charge in [-0.1, -0.05) is 158 Å². The fraction of sp³-hybridized carbons (Fsp3) is 0.0182. The molecule has 57 heavy (non-hydrogen) atoms. The lowest BCUT2D eigenvalue weighted by molar-refractivity contribution is 0.669. The van der Waals surface area contributed by atoms with Crippen LogP contribution in [0, 0.1) is 0 Å². The molecular weight excluding hydrogens is 691 g/mol. The molecule has 1 spiro atoms. The fourth-order valence-electron chi connectivity index (χ4n) is 10.6. The first-order valence-corrected chi connectivity index (χ1v) is 19.8. The maximum atomic E-state index is 6.51. The van der Waals surface area contributed by atoms with Crippen LogP contribution in [0.25, 0.3) is 76.5 Å². The van der Waals surface area contributed by atoms with Crippen molar-refractivity contribution in [3.63, 3.8) is 0 Å². The quantitative estimate of drug-likeness (QED) is 0.180. The molecular formula is C55H33NO. The SMILES string of the molecule is c1ccc2c(c1)-c1cccc3cccc(c13)C21c2ccccc2-c2ccc(N(c3ccc4ccccc4c3)c3ccc4c(c3)oc3ccccc34)c3cccc1c23. The van der Waals surface area contributed by atoms with E-state index in [4.69, 9.17) is 4.42 Å². The molecule has 1 aromatic heterocycles. The van der Waals surface area contributed by atoms with Crippen LogP contribution in [0.2, 0.25) is 0 Å². The molecule has 0 bridgehead atoms. The van der Waals surface area contributed by atoms with E-state index >= 15 is 0 Å². The Morgan fingerprint density at radius 2 is 0.895 bits per heavy atom. The molecule has 1 unspecified atom stereocenters. The summed E-state index contributed by atoms with van der Waals surface area (Å²) in [5, 5.41) is 9.77. The Bertz CT molecular complexity index is 3490. The monoisotopic (exact) mass is 723 g/mol. The van der Waals surface area contributed by atoms with Gasteiger partial charge in [-0.3, -0.25) is 0 Å². The number of fused-ring (bicyclic) bond motifs is 12. The summed E-state index contributed by atoms with van der Waals surface area (Å²) < 4.78 is 6.51. The van der Waals surface area contributed by atoms with Gasteiger partial charge in [0.15, 0.2) is 0 Å². The number of benzene rings is 10. The Morgan fingerprint density at radius 3 is 1.74 bits per heavy atom. The van der Waals surface area contributed by atoms with Crippen molar-refractivity contribution in [2.45, 2.75) is 5.41 Å². The van der Waals surface area contributed by atoms with E-state index in [9.17, 15) is 0 Å². The molecule has 264 valence electrons. The van der Waals surface area contributed by atoms with Gasteiger partial charge in [-0.15, -0.1) is 0 Å². The summed E-state index contributed by atoms with van der Waals surface area (Å²) in [5.41, 5.74) is 15.0. The molecule has 11 aromatic rings. The largest absolute Gasteiger partial charge is 0.456 e. The Hall–Kier alpha value is -7.42. The molecule has 0 saturated carbocycles. The molecule has 0 radical (unpaired) electrons. The Kier molecular flexibility index (Phi) is 6.13. The molecule has 13 rings (SSSR count). The Morgan fingerprint density at radius 1 is 0.333 bits per heavy atom. The first-order chi connectivity index (χ1) is 28.3. The molecule has 0 aliphatic heterocycles. The molecule has 2 heteroatoms. The van der Waals surface area contributed by atoms with Crippen molar-refractivity contribution in [2.24, 2.45) is 0 Å². The minimum atomic E-state index is -0.535. The minimum absolute atomic E-state index is 0.535. The van der Waals surface area contributed by atoms with E-state index in [1.54, 1.807) is 0 Å². The zero-order valence-electron chi connectivity index (χ0n) is 30.9. The summed E-state index contributed by atoms with van der Waals surface area (Å²) in [6.07, 6.45) is 0. The summed E-state index contributed by atoms with van der Waals surface area (Å²) in [6, 6.07) is 74.1. The van der Waals surface area contributed by atoms with Crippen molar-refractivity contribution >= 4 is 71.3 Å². The third kappa shape index (κ3) is 4.04. The van der Waals surface area contributed by atoms with E-state index in [1.807, 2.05) is 6.07 Å². The molecule has 0 fully saturated rings. The Labute approximate surface area is 329 Å². The van der Waals surface area contributed by atoms with Gasteiger partial charge in [0.25, 0.3) is 0 Å². The molecule has 0 N–H and O–H groups in total. The lowest BCUT2D eigenvalue weighted by Crippen LogP contribution is -2.36. The van der Waals surface area contributed by atoms with E-state index in [2.05, 4.69) is 199 Å². The maximum Gasteiger partial charge on any atom is 0.137 e. The summed E-state index contributed by atoms with van der Waals surface area (Å²) in [4.78, 5) is 2.43. The standard InChI is InChI=1S/C55H33NO/c1-2-13-36-32-37(27-26-34(36)12-1)56(38-28-29-42-41-18-5-8-25-51(41)57-52(42)33-38)50-31-30-44-40-17-4-7-22-47(40)55(49-24-11-20-45(50)54(44)49)46-21-6-3-16-39(46)43-19-9-14-35-15-10-23-48(55)53(35)43/h1-33H. The minimum Gasteiger partial charge on any atom is -0.456 e. The summed E-state index contributed by atoms with van der Waals surface area (Å²) in [5.74, 6) is 0. The van der Waals surface area contributed by atoms with Gasteiger partial charge >= 0.3 is 0 Å². The molecule has 10 aromatic carbocycles. The van der Waals surface area contributed by atoms with Gasteiger partial charge in [-0.2, -0.15) is 0 Å². The Balaban J connectivity index is 1.15. The van der Waals surface area contributed by atoms with Crippen molar-refractivity contribution in [3.05, 3.63) is 222 Å². The van der Waals surface area contributed by atoms with Crippen molar-refractivity contribution in [2.75, 3.05) is 4.90 Å². The fourth-order valence-corrected chi connectivity index (χ4v) is 10.6. The molecule has 2 aliphatic rings. The van der Waals surface area contributed by atoms with Crippen molar-refractivity contribution in [1.29, 1.82) is 0 Å². The smallest absolute Gasteiger partial charge is 0.137 e. The number of hydrogen-bond acceptors (Lipinski definition) is 2. The van der Waals surface area contributed by atoms with Crippen molar-refractivity contribution in [3.8, 4) is 22.3 Å². The van der Waals surface area contributed by atoms with Gasteiger partial charge in [-0.25, -0.2) is 0 Å². The van der Waals surface area contributed by atoms with Crippen LogP contribution in [-0.2, 0) is 5.41 Å². The second-order valence-electron chi connectivity index (χ2n) is 15.6. The van der Waals surface area contributed by atoms with Crippen molar-refractivity contribution < 1.29 is 4.42 Å². The van der Waals surface area contributed by atoms with Crippen LogP contribution in [0.4, 0.5) is 17.1 Å². The average molecular weight is 724 g/mol. The topological polar surface area (TPSA) is 16.4 Å². The maximum absolute atomic E-state index is 6.51. The molecule has 0 saturated heterocycles. The highest BCUT2D eigenvalue weighted by atomic mass is 16.3. The summed E-state index contributed by atoms with van der Waals surface area (Å²) in [7, 11) is 0. The van der Waals surface area contributed by atoms with Crippen molar-refractivity contribution in [1.82, 2.24) is 0 Å². The van der Waals surface area contributed by atoms with Crippen LogP contribution in [0.15, 0.2) is 205 Å².